The van der Waals surface area contributed by atoms with Crippen LogP contribution in [0.3, 0.4) is 0 Å². The Morgan fingerprint density at radius 3 is 2.43 bits per heavy atom. The first kappa shape index (κ1) is 17.5. The first-order chi connectivity index (χ1) is 10.8. The van der Waals surface area contributed by atoms with Crippen molar-refractivity contribution in [1.29, 1.82) is 0 Å². The van der Waals surface area contributed by atoms with Crippen LogP contribution >= 0.6 is 0 Å². The molecule has 2 amide bonds. The Balaban J connectivity index is 2.08. The molecule has 1 aromatic rings. The third kappa shape index (κ3) is 4.10. The van der Waals surface area contributed by atoms with Crippen molar-refractivity contribution in [3.05, 3.63) is 29.3 Å². The fraction of sp³-hybridized carbons (Fsp3) is 0.556. The average Bonchev–Trinajstić information content (AvgIpc) is 2.98. The normalized spacial score (nSPS) is 17.6. The van der Waals surface area contributed by atoms with Crippen LogP contribution < -0.4 is 16.4 Å². The lowest BCUT2D eigenvalue weighted by molar-refractivity contribution is -0.127. The monoisotopic (exact) mass is 317 g/mol. The predicted molar refractivity (Wildman–Crippen MR) is 92.1 cm³/mol. The maximum absolute atomic E-state index is 12.8. The van der Waals surface area contributed by atoms with Gasteiger partial charge in [0.25, 0.3) is 0 Å². The number of carbonyl (C=O) groups excluding carboxylic acids is 2. The molecule has 0 aliphatic heterocycles. The maximum Gasteiger partial charge on any atom is 0.236 e. The van der Waals surface area contributed by atoms with E-state index in [4.69, 9.17) is 5.73 Å². The van der Waals surface area contributed by atoms with Gasteiger partial charge in [0.1, 0.15) is 0 Å². The number of rotatable bonds is 5. The van der Waals surface area contributed by atoms with E-state index in [1.807, 2.05) is 32.0 Å². The minimum absolute atomic E-state index is 0.0109. The molecule has 1 aliphatic rings. The summed E-state index contributed by atoms with van der Waals surface area (Å²) in [5.74, 6) is -0.224. The SMILES string of the molecule is Cc1ccc(NC(=O)C2(CNC(=O)[C@H](C)N)CCCC2)cc1C. The third-order valence-corrected chi connectivity index (χ3v) is 4.82. The zero-order valence-corrected chi connectivity index (χ0v) is 14.2. The molecule has 1 atom stereocenters. The van der Waals surface area contributed by atoms with Crippen LogP contribution in [0.15, 0.2) is 18.2 Å². The molecule has 0 unspecified atom stereocenters. The molecular weight excluding hydrogens is 290 g/mol. The molecule has 0 heterocycles. The summed E-state index contributed by atoms with van der Waals surface area (Å²) in [4.78, 5) is 24.6. The Morgan fingerprint density at radius 1 is 1.22 bits per heavy atom. The van der Waals surface area contributed by atoms with Gasteiger partial charge in [0.2, 0.25) is 11.8 Å². The second kappa shape index (κ2) is 7.13. The molecule has 1 fully saturated rings. The molecule has 0 aromatic heterocycles. The zero-order valence-electron chi connectivity index (χ0n) is 14.2. The minimum Gasteiger partial charge on any atom is -0.354 e. The van der Waals surface area contributed by atoms with E-state index in [0.29, 0.717) is 6.54 Å². The van der Waals surface area contributed by atoms with Gasteiger partial charge in [-0.25, -0.2) is 0 Å². The van der Waals surface area contributed by atoms with Gasteiger partial charge in [0.05, 0.1) is 11.5 Å². The average molecular weight is 317 g/mol. The minimum atomic E-state index is -0.559. The molecular formula is C18H27N3O2. The van der Waals surface area contributed by atoms with Crippen LogP contribution in [-0.2, 0) is 9.59 Å². The van der Waals surface area contributed by atoms with Crippen molar-refractivity contribution in [3.63, 3.8) is 0 Å². The molecule has 2 rings (SSSR count). The van der Waals surface area contributed by atoms with E-state index in [1.165, 1.54) is 5.56 Å². The summed E-state index contributed by atoms with van der Waals surface area (Å²) in [6.07, 6.45) is 3.61. The standard InChI is InChI=1S/C18H27N3O2/c1-12-6-7-15(10-13(12)2)21-17(23)18(8-4-5-9-18)11-20-16(22)14(3)19/h6-7,10,14H,4-5,8-9,11,19H2,1-3H3,(H,20,22)(H,21,23)/t14-/m0/s1. The Bertz CT molecular complexity index is 590. The molecule has 0 radical (unpaired) electrons. The predicted octanol–water partition coefficient (Wildman–Crippen LogP) is 2.27. The Morgan fingerprint density at radius 2 is 1.87 bits per heavy atom. The van der Waals surface area contributed by atoms with Crippen molar-refractivity contribution in [2.24, 2.45) is 11.1 Å². The van der Waals surface area contributed by atoms with E-state index in [0.717, 1.165) is 36.9 Å². The van der Waals surface area contributed by atoms with E-state index < -0.39 is 11.5 Å². The molecule has 0 bridgehead atoms. The topological polar surface area (TPSA) is 84.2 Å². The van der Waals surface area contributed by atoms with Gasteiger partial charge >= 0.3 is 0 Å². The van der Waals surface area contributed by atoms with Gasteiger partial charge in [-0.15, -0.1) is 0 Å². The van der Waals surface area contributed by atoms with Crippen LogP contribution in [0.25, 0.3) is 0 Å². The second-order valence-corrected chi connectivity index (χ2v) is 6.75. The third-order valence-electron chi connectivity index (χ3n) is 4.82. The van der Waals surface area contributed by atoms with E-state index in [1.54, 1.807) is 6.92 Å². The quantitative estimate of drug-likeness (QED) is 0.779. The number of hydrogen-bond acceptors (Lipinski definition) is 3. The smallest absolute Gasteiger partial charge is 0.236 e. The van der Waals surface area contributed by atoms with Crippen molar-refractivity contribution in [3.8, 4) is 0 Å². The maximum atomic E-state index is 12.8. The number of nitrogens with one attached hydrogen (secondary N) is 2. The van der Waals surface area contributed by atoms with Gasteiger partial charge < -0.3 is 16.4 Å². The number of carbonyl (C=O) groups is 2. The van der Waals surface area contributed by atoms with Crippen LogP contribution in [-0.4, -0.2) is 24.4 Å². The van der Waals surface area contributed by atoms with Crippen LogP contribution in [0, 0.1) is 19.3 Å². The molecule has 5 nitrogen and oxygen atoms in total. The molecule has 1 aliphatic carbocycles. The van der Waals surface area contributed by atoms with Crippen molar-refractivity contribution < 1.29 is 9.59 Å². The van der Waals surface area contributed by atoms with Gasteiger partial charge in [-0.3, -0.25) is 9.59 Å². The highest BCUT2D eigenvalue weighted by atomic mass is 16.2. The number of nitrogens with two attached hydrogens (primary N) is 1. The fourth-order valence-corrected chi connectivity index (χ4v) is 3.04. The number of benzene rings is 1. The Kier molecular flexibility index (Phi) is 5.42. The van der Waals surface area contributed by atoms with Gasteiger partial charge in [0, 0.05) is 12.2 Å². The van der Waals surface area contributed by atoms with Crippen molar-refractivity contribution in [2.75, 3.05) is 11.9 Å². The summed E-state index contributed by atoms with van der Waals surface area (Å²) in [5, 5.41) is 5.85. The van der Waals surface area contributed by atoms with E-state index in [2.05, 4.69) is 10.6 Å². The van der Waals surface area contributed by atoms with Crippen LogP contribution in [0.1, 0.15) is 43.7 Å². The fourth-order valence-electron chi connectivity index (χ4n) is 3.04. The number of amides is 2. The van der Waals surface area contributed by atoms with Gasteiger partial charge in [-0.2, -0.15) is 0 Å². The van der Waals surface area contributed by atoms with Crippen LogP contribution in [0.2, 0.25) is 0 Å². The van der Waals surface area contributed by atoms with Crippen molar-refractivity contribution in [1.82, 2.24) is 5.32 Å². The van der Waals surface area contributed by atoms with E-state index >= 15 is 0 Å². The van der Waals surface area contributed by atoms with Gasteiger partial charge in [-0.05, 0) is 56.9 Å². The molecule has 0 spiro atoms. The summed E-state index contributed by atoms with van der Waals surface area (Å²) in [5.41, 5.74) is 8.21. The van der Waals surface area contributed by atoms with E-state index in [-0.39, 0.29) is 11.8 Å². The highest BCUT2D eigenvalue weighted by Crippen LogP contribution is 2.38. The van der Waals surface area contributed by atoms with Crippen LogP contribution in [0.5, 0.6) is 0 Å². The first-order valence-electron chi connectivity index (χ1n) is 8.26. The summed E-state index contributed by atoms with van der Waals surface area (Å²) in [6, 6.07) is 5.35. The Hall–Kier alpha value is -1.88. The molecule has 5 heteroatoms. The lowest BCUT2D eigenvalue weighted by Gasteiger charge is -2.28. The number of aryl methyl sites for hydroxylation is 2. The second-order valence-electron chi connectivity index (χ2n) is 6.75. The molecule has 23 heavy (non-hydrogen) atoms. The zero-order chi connectivity index (χ0) is 17.0. The molecule has 126 valence electrons. The van der Waals surface area contributed by atoms with Crippen molar-refractivity contribution in [2.45, 2.75) is 52.5 Å². The Labute approximate surface area is 138 Å². The lowest BCUT2D eigenvalue weighted by atomic mass is 9.84. The summed E-state index contributed by atoms with van der Waals surface area (Å²) in [7, 11) is 0. The van der Waals surface area contributed by atoms with E-state index in [9.17, 15) is 9.59 Å². The van der Waals surface area contributed by atoms with Gasteiger partial charge in [0.15, 0.2) is 0 Å². The van der Waals surface area contributed by atoms with Gasteiger partial charge in [-0.1, -0.05) is 18.9 Å². The summed E-state index contributed by atoms with van der Waals surface area (Å²) >= 11 is 0. The molecule has 1 saturated carbocycles. The summed E-state index contributed by atoms with van der Waals surface area (Å²) < 4.78 is 0. The number of anilines is 1. The summed E-state index contributed by atoms with van der Waals surface area (Å²) in [6.45, 7) is 6.07. The molecule has 0 saturated heterocycles. The lowest BCUT2D eigenvalue weighted by Crippen LogP contribution is -2.47. The van der Waals surface area contributed by atoms with Crippen molar-refractivity contribution >= 4 is 17.5 Å². The van der Waals surface area contributed by atoms with Crippen LogP contribution in [0.4, 0.5) is 5.69 Å². The molecule has 4 N–H and O–H groups in total. The first-order valence-corrected chi connectivity index (χ1v) is 8.26. The number of hydrogen-bond donors (Lipinski definition) is 3. The molecule has 1 aromatic carbocycles. The highest BCUT2D eigenvalue weighted by molar-refractivity contribution is 5.96. The highest BCUT2D eigenvalue weighted by Gasteiger charge is 2.41. The largest absolute Gasteiger partial charge is 0.354 e.